The average molecular weight is 261 g/mol. The molecule has 1 aromatic carbocycles. The van der Waals surface area contributed by atoms with Gasteiger partial charge in [0.25, 0.3) is 0 Å². The molecule has 1 rings (SSSR count). The predicted octanol–water partition coefficient (Wildman–Crippen LogP) is 2.39. The summed E-state index contributed by atoms with van der Waals surface area (Å²) in [6.07, 6.45) is 1.93. The van der Waals surface area contributed by atoms with Crippen LogP contribution in [0.3, 0.4) is 0 Å². The molecule has 1 aromatic rings. The van der Waals surface area contributed by atoms with Crippen molar-refractivity contribution >= 4 is 28.0 Å². The van der Waals surface area contributed by atoms with Gasteiger partial charge in [-0.2, -0.15) is 0 Å². The standard InChI is InChI=1S/C9H6BrFO3/c10-8-6(12)3-1-5(9(8)11)2-4-7(13)14/h1-4,12H,(H,13,14)/b4-2+. The fourth-order valence-electron chi connectivity index (χ4n) is 0.844. The van der Waals surface area contributed by atoms with E-state index in [4.69, 9.17) is 10.2 Å². The highest BCUT2D eigenvalue weighted by Crippen LogP contribution is 2.29. The Morgan fingerprint density at radius 2 is 2.14 bits per heavy atom. The van der Waals surface area contributed by atoms with Crippen LogP contribution in [0.15, 0.2) is 22.7 Å². The minimum absolute atomic E-state index is 0.0787. The number of rotatable bonds is 2. The van der Waals surface area contributed by atoms with E-state index in [9.17, 15) is 9.18 Å². The van der Waals surface area contributed by atoms with Gasteiger partial charge in [0, 0.05) is 11.6 Å². The van der Waals surface area contributed by atoms with Crippen molar-refractivity contribution in [2.45, 2.75) is 0 Å². The molecule has 0 saturated carbocycles. The topological polar surface area (TPSA) is 57.5 Å². The van der Waals surface area contributed by atoms with Crippen LogP contribution in [0.1, 0.15) is 5.56 Å². The van der Waals surface area contributed by atoms with Crippen molar-refractivity contribution in [3.05, 3.63) is 34.1 Å². The summed E-state index contributed by atoms with van der Waals surface area (Å²) >= 11 is 2.83. The molecule has 0 spiro atoms. The zero-order valence-corrected chi connectivity index (χ0v) is 8.45. The number of carbonyl (C=O) groups is 1. The summed E-state index contributed by atoms with van der Waals surface area (Å²) < 4.78 is 13.2. The lowest BCUT2D eigenvalue weighted by Crippen LogP contribution is -1.88. The lowest BCUT2D eigenvalue weighted by Gasteiger charge is -2.01. The summed E-state index contributed by atoms with van der Waals surface area (Å²) in [5.41, 5.74) is 0.0945. The second kappa shape index (κ2) is 4.23. The Bertz CT molecular complexity index is 401. The minimum atomic E-state index is -1.16. The highest BCUT2D eigenvalue weighted by molar-refractivity contribution is 9.10. The van der Waals surface area contributed by atoms with Crippen molar-refractivity contribution in [1.82, 2.24) is 0 Å². The van der Waals surface area contributed by atoms with Gasteiger partial charge in [-0.25, -0.2) is 9.18 Å². The van der Waals surface area contributed by atoms with Gasteiger partial charge in [-0.3, -0.25) is 0 Å². The van der Waals surface area contributed by atoms with E-state index in [0.29, 0.717) is 0 Å². The van der Waals surface area contributed by atoms with E-state index in [1.807, 2.05) is 0 Å². The Hall–Kier alpha value is -1.36. The van der Waals surface area contributed by atoms with Crippen LogP contribution in [-0.2, 0) is 4.79 Å². The monoisotopic (exact) mass is 260 g/mol. The van der Waals surface area contributed by atoms with Gasteiger partial charge in [0.05, 0.1) is 4.47 Å². The van der Waals surface area contributed by atoms with Crippen LogP contribution in [0, 0.1) is 5.82 Å². The number of carboxylic acid groups (broad SMARTS) is 1. The smallest absolute Gasteiger partial charge is 0.328 e. The second-order valence-electron chi connectivity index (χ2n) is 2.47. The molecule has 5 heteroatoms. The van der Waals surface area contributed by atoms with Gasteiger partial charge in [-0.1, -0.05) is 0 Å². The van der Waals surface area contributed by atoms with Gasteiger partial charge >= 0.3 is 5.97 Å². The summed E-state index contributed by atoms with van der Waals surface area (Å²) in [6.45, 7) is 0. The third-order valence-electron chi connectivity index (χ3n) is 1.50. The largest absolute Gasteiger partial charge is 0.507 e. The number of phenols is 1. The molecule has 0 aliphatic heterocycles. The quantitative estimate of drug-likeness (QED) is 0.803. The Labute approximate surface area is 87.6 Å². The first-order valence-electron chi connectivity index (χ1n) is 3.60. The summed E-state index contributed by atoms with van der Waals surface area (Å²) in [4.78, 5) is 10.2. The molecule has 0 radical (unpaired) electrons. The van der Waals surface area contributed by atoms with Crippen LogP contribution >= 0.6 is 15.9 Å². The lowest BCUT2D eigenvalue weighted by molar-refractivity contribution is -0.131. The number of hydrogen-bond acceptors (Lipinski definition) is 2. The number of hydrogen-bond donors (Lipinski definition) is 2. The highest BCUT2D eigenvalue weighted by Gasteiger charge is 2.08. The molecule has 2 N–H and O–H groups in total. The number of benzene rings is 1. The molecule has 0 saturated heterocycles. The third kappa shape index (κ3) is 2.32. The number of halogens is 2. The van der Waals surface area contributed by atoms with Crippen LogP contribution in [0.5, 0.6) is 5.75 Å². The van der Waals surface area contributed by atoms with E-state index in [1.165, 1.54) is 12.1 Å². The highest BCUT2D eigenvalue weighted by atomic mass is 79.9. The zero-order valence-electron chi connectivity index (χ0n) is 6.87. The van der Waals surface area contributed by atoms with E-state index < -0.39 is 11.8 Å². The summed E-state index contributed by atoms with van der Waals surface area (Å²) in [5.74, 6) is -2.08. The van der Waals surface area contributed by atoms with Gasteiger partial charge in [-0.05, 0) is 34.1 Å². The molecule has 74 valence electrons. The number of aromatic hydroxyl groups is 1. The van der Waals surface area contributed by atoms with Crippen molar-refractivity contribution in [2.75, 3.05) is 0 Å². The van der Waals surface area contributed by atoms with E-state index in [1.54, 1.807) is 0 Å². The average Bonchev–Trinajstić information content (AvgIpc) is 2.13. The molecule has 0 heterocycles. The Kier molecular flexibility index (Phi) is 3.24. The zero-order chi connectivity index (χ0) is 10.7. The van der Waals surface area contributed by atoms with Crippen LogP contribution < -0.4 is 0 Å². The maximum Gasteiger partial charge on any atom is 0.328 e. The molecule has 0 unspecified atom stereocenters. The maximum absolute atomic E-state index is 13.3. The first kappa shape index (κ1) is 10.7. The molecule has 0 aromatic heterocycles. The summed E-state index contributed by atoms with van der Waals surface area (Å²) in [5, 5.41) is 17.4. The first-order valence-corrected chi connectivity index (χ1v) is 4.39. The summed E-state index contributed by atoms with van der Waals surface area (Å²) in [7, 11) is 0. The van der Waals surface area contributed by atoms with Crippen molar-refractivity contribution in [1.29, 1.82) is 0 Å². The third-order valence-corrected chi connectivity index (χ3v) is 2.25. The van der Waals surface area contributed by atoms with Gasteiger partial charge in [-0.15, -0.1) is 0 Å². The molecule has 0 amide bonds. The van der Waals surface area contributed by atoms with E-state index in [0.717, 1.165) is 12.2 Å². The van der Waals surface area contributed by atoms with Crippen LogP contribution in [0.25, 0.3) is 6.08 Å². The lowest BCUT2D eigenvalue weighted by atomic mass is 10.2. The van der Waals surface area contributed by atoms with E-state index in [-0.39, 0.29) is 15.8 Å². The SMILES string of the molecule is O=C(O)/C=C/c1ccc(O)c(Br)c1F. The number of aliphatic carboxylic acids is 1. The van der Waals surface area contributed by atoms with Gasteiger partial charge in [0.1, 0.15) is 11.6 Å². The Balaban J connectivity index is 3.12. The summed E-state index contributed by atoms with van der Waals surface area (Å²) in [6, 6.07) is 2.56. The molecule has 0 bridgehead atoms. The molecule has 0 atom stereocenters. The van der Waals surface area contributed by atoms with Gasteiger partial charge in [0.2, 0.25) is 0 Å². The van der Waals surface area contributed by atoms with Gasteiger partial charge < -0.3 is 10.2 Å². The molecule has 14 heavy (non-hydrogen) atoms. The van der Waals surface area contributed by atoms with Crippen molar-refractivity contribution in [2.24, 2.45) is 0 Å². The molecular formula is C9H6BrFO3. The second-order valence-corrected chi connectivity index (χ2v) is 3.27. The first-order chi connectivity index (χ1) is 6.52. The van der Waals surface area contributed by atoms with E-state index in [2.05, 4.69) is 15.9 Å². The van der Waals surface area contributed by atoms with Crippen molar-refractivity contribution in [3.63, 3.8) is 0 Å². The minimum Gasteiger partial charge on any atom is -0.507 e. The normalized spacial score (nSPS) is 10.7. The van der Waals surface area contributed by atoms with Crippen LogP contribution in [0.4, 0.5) is 4.39 Å². The fourth-order valence-corrected chi connectivity index (χ4v) is 1.21. The Morgan fingerprint density at radius 1 is 1.50 bits per heavy atom. The molecule has 0 fully saturated rings. The van der Waals surface area contributed by atoms with Crippen LogP contribution in [-0.4, -0.2) is 16.2 Å². The Morgan fingerprint density at radius 3 is 2.71 bits per heavy atom. The maximum atomic E-state index is 13.3. The van der Waals surface area contributed by atoms with Crippen LogP contribution in [0.2, 0.25) is 0 Å². The predicted molar refractivity (Wildman–Crippen MR) is 52.4 cm³/mol. The fraction of sp³-hybridized carbons (Fsp3) is 0. The van der Waals surface area contributed by atoms with Crippen molar-refractivity contribution in [3.8, 4) is 5.75 Å². The molecular weight excluding hydrogens is 255 g/mol. The van der Waals surface area contributed by atoms with Gasteiger partial charge in [0.15, 0.2) is 0 Å². The molecule has 3 nitrogen and oxygen atoms in total. The number of phenolic OH excluding ortho intramolecular Hbond substituents is 1. The van der Waals surface area contributed by atoms with Crippen molar-refractivity contribution < 1.29 is 19.4 Å². The molecule has 0 aliphatic rings. The molecule has 0 aliphatic carbocycles. The number of carboxylic acids is 1. The van der Waals surface area contributed by atoms with E-state index >= 15 is 0 Å².